The summed E-state index contributed by atoms with van der Waals surface area (Å²) in [6.07, 6.45) is 0.905. The number of nitrogens with zero attached hydrogens (tertiary/aromatic N) is 1. The van der Waals surface area contributed by atoms with Gasteiger partial charge >= 0.3 is 0 Å². The van der Waals surface area contributed by atoms with Gasteiger partial charge in [0.1, 0.15) is 0 Å². The topological polar surface area (TPSA) is 30.9 Å². The Morgan fingerprint density at radius 1 is 1.40 bits per heavy atom. The molecule has 2 rings (SSSR count). The third-order valence-electron chi connectivity index (χ3n) is 2.66. The fourth-order valence-corrected chi connectivity index (χ4v) is 2.52. The Balaban J connectivity index is 2.66. The number of rotatable bonds is 2. The maximum atomic E-state index is 5.86. The molecule has 0 aliphatic heterocycles. The lowest BCUT2D eigenvalue weighted by Gasteiger charge is -2.04. The molecular formula is C12H15BrN2. The molecule has 0 radical (unpaired) electrons. The Bertz CT molecular complexity index is 486. The predicted molar refractivity (Wildman–Crippen MR) is 68.0 cm³/mol. The number of fused-ring (bicyclic) bond motifs is 1. The fourth-order valence-electron chi connectivity index (χ4n) is 1.96. The third-order valence-corrected chi connectivity index (χ3v) is 3.67. The number of aryl methyl sites for hydroxylation is 1. The van der Waals surface area contributed by atoms with Gasteiger partial charge in [-0.3, -0.25) is 0 Å². The Morgan fingerprint density at radius 2 is 2.07 bits per heavy atom. The second-order valence-corrected chi connectivity index (χ2v) is 4.78. The van der Waals surface area contributed by atoms with E-state index in [1.54, 1.807) is 0 Å². The Morgan fingerprint density at radius 3 is 2.73 bits per heavy atom. The number of halogens is 1. The van der Waals surface area contributed by atoms with E-state index in [0.717, 1.165) is 11.0 Å². The highest BCUT2D eigenvalue weighted by Crippen LogP contribution is 2.29. The Hall–Kier alpha value is -0.800. The van der Waals surface area contributed by atoms with Crippen LogP contribution in [0.15, 0.2) is 28.9 Å². The van der Waals surface area contributed by atoms with Gasteiger partial charge in [-0.1, -0.05) is 18.2 Å². The molecule has 1 aromatic carbocycles. The van der Waals surface area contributed by atoms with Gasteiger partial charge in [-0.2, -0.15) is 0 Å². The third kappa shape index (κ3) is 1.82. The van der Waals surface area contributed by atoms with E-state index in [1.165, 1.54) is 16.5 Å². The summed E-state index contributed by atoms with van der Waals surface area (Å²) in [6.45, 7) is 2.04. The van der Waals surface area contributed by atoms with Gasteiger partial charge in [0.25, 0.3) is 0 Å². The van der Waals surface area contributed by atoms with Gasteiger partial charge in [0.15, 0.2) is 0 Å². The monoisotopic (exact) mass is 266 g/mol. The molecule has 2 N–H and O–H groups in total. The summed E-state index contributed by atoms with van der Waals surface area (Å²) >= 11 is 3.63. The van der Waals surface area contributed by atoms with Crippen molar-refractivity contribution in [2.75, 3.05) is 0 Å². The summed E-state index contributed by atoms with van der Waals surface area (Å²) < 4.78 is 3.30. The van der Waals surface area contributed by atoms with Crippen molar-refractivity contribution in [3.63, 3.8) is 0 Å². The summed E-state index contributed by atoms with van der Waals surface area (Å²) in [5, 5.41) is 1.30. The maximum Gasteiger partial charge on any atom is 0.0887 e. The minimum Gasteiger partial charge on any atom is -0.338 e. The molecule has 0 fully saturated rings. The first-order valence-corrected chi connectivity index (χ1v) is 5.88. The molecule has 1 unspecified atom stereocenters. The van der Waals surface area contributed by atoms with Gasteiger partial charge in [-0.05, 0) is 40.9 Å². The van der Waals surface area contributed by atoms with E-state index < -0.39 is 0 Å². The van der Waals surface area contributed by atoms with Crippen LogP contribution in [0.4, 0.5) is 0 Å². The first-order valence-electron chi connectivity index (χ1n) is 5.08. The summed E-state index contributed by atoms with van der Waals surface area (Å²) in [5.41, 5.74) is 8.42. The minimum absolute atomic E-state index is 0.187. The second kappa shape index (κ2) is 3.99. The van der Waals surface area contributed by atoms with Gasteiger partial charge in [0.2, 0.25) is 0 Å². The lowest BCUT2D eigenvalue weighted by atomic mass is 10.1. The number of hydrogen-bond acceptors (Lipinski definition) is 1. The van der Waals surface area contributed by atoms with E-state index >= 15 is 0 Å². The summed E-state index contributed by atoms with van der Waals surface area (Å²) in [6, 6.07) is 8.60. The molecule has 15 heavy (non-hydrogen) atoms. The predicted octanol–water partition coefficient (Wildman–Crippen LogP) is 2.83. The van der Waals surface area contributed by atoms with Crippen LogP contribution in [0.5, 0.6) is 0 Å². The molecule has 1 aromatic heterocycles. The molecular weight excluding hydrogens is 252 g/mol. The van der Waals surface area contributed by atoms with Crippen LogP contribution < -0.4 is 5.73 Å². The van der Waals surface area contributed by atoms with Gasteiger partial charge < -0.3 is 10.3 Å². The normalized spacial score (nSPS) is 13.3. The lowest BCUT2D eigenvalue weighted by Crippen LogP contribution is -2.17. The molecule has 1 atom stereocenters. The van der Waals surface area contributed by atoms with E-state index in [4.69, 9.17) is 5.73 Å². The van der Waals surface area contributed by atoms with E-state index in [2.05, 4.69) is 51.8 Å². The molecule has 1 heterocycles. The van der Waals surface area contributed by atoms with Crippen molar-refractivity contribution in [2.24, 2.45) is 12.8 Å². The zero-order chi connectivity index (χ0) is 11.0. The average molecular weight is 267 g/mol. The molecule has 2 aromatic rings. The van der Waals surface area contributed by atoms with Crippen LogP contribution in [0.3, 0.4) is 0 Å². The molecule has 80 valence electrons. The van der Waals surface area contributed by atoms with E-state index in [1.807, 2.05) is 6.92 Å². The van der Waals surface area contributed by atoms with Crippen LogP contribution in [0.2, 0.25) is 0 Å². The molecule has 0 spiro atoms. The van der Waals surface area contributed by atoms with Crippen molar-refractivity contribution in [2.45, 2.75) is 19.4 Å². The lowest BCUT2D eigenvalue weighted by molar-refractivity contribution is 0.735. The average Bonchev–Trinajstić information content (AvgIpc) is 2.44. The standard InChI is InChI=1S/C12H15BrN2/c1-8(14)7-10-9-5-3-4-6-11(9)15(2)12(10)13/h3-6,8H,7,14H2,1-2H3. The molecule has 2 nitrogen and oxygen atoms in total. The number of benzene rings is 1. The summed E-state index contributed by atoms with van der Waals surface area (Å²) in [7, 11) is 2.07. The molecule has 0 aliphatic rings. The van der Waals surface area contributed by atoms with E-state index in [-0.39, 0.29) is 6.04 Å². The number of hydrogen-bond donors (Lipinski definition) is 1. The van der Waals surface area contributed by atoms with Crippen LogP contribution in [0, 0.1) is 0 Å². The highest BCUT2D eigenvalue weighted by atomic mass is 79.9. The molecule has 0 amide bonds. The van der Waals surface area contributed by atoms with Crippen LogP contribution in [0.25, 0.3) is 10.9 Å². The highest BCUT2D eigenvalue weighted by molar-refractivity contribution is 9.10. The fraction of sp³-hybridized carbons (Fsp3) is 0.333. The van der Waals surface area contributed by atoms with Crippen molar-refractivity contribution >= 4 is 26.8 Å². The maximum absolute atomic E-state index is 5.86. The molecule has 0 saturated carbocycles. The molecule has 3 heteroatoms. The van der Waals surface area contributed by atoms with Crippen molar-refractivity contribution in [1.29, 1.82) is 0 Å². The number of para-hydroxylation sites is 1. The number of aromatic nitrogens is 1. The van der Waals surface area contributed by atoms with E-state index in [0.29, 0.717) is 0 Å². The highest BCUT2D eigenvalue weighted by Gasteiger charge is 2.13. The largest absolute Gasteiger partial charge is 0.338 e. The quantitative estimate of drug-likeness (QED) is 0.891. The van der Waals surface area contributed by atoms with Crippen molar-refractivity contribution in [3.8, 4) is 0 Å². The summed E-state index contributed by atoms with van der Waals surface area (Å²) in [5.74, 6) is 0. The first kappa shape index (κ1) is 10.7. The van der Waals surface area contributed by atoms with Crippen LogP contribution >= 0.6 is 15.9 Å². The van der Waals surface area contributed by atoms with Gasteiger partial charge in [0, 0.05) is 24.0 Å². The van der Waals surface area contributed by atoms with Gasteiger partial charge in [0.05, 0.1) is 4.60 Å². The number of nitrogens with two attached hydrogens (primary N) is 1. The summed E-state index contributed by atoms with van der Waals surface area (Å²) in [4.78, 5) is 0. The van der Waals surface area contributed by atoms with Gasteiger partial charge in [-0.25, -0.2) is 0 Å². The van der Waals surface area contributed by atoms with Crippen molar-refractivity contribution in [3.05, 3.63) is 34.4 Å². The molecule has 0 bridgehead atoms. The first-order chi connectivity index (χ1) is 7.11. The van der Waals surface area contributed by atoms with Crippen LogP contribution in [0.1, 0.15) is 12.5 Å². The van der Waals surface area contributed by atoms with Crippen molar-refractivity contribution in [1.82, 2.24) is 4.57 Å². The molecule has 0 saturated heterocycles. The zero-order valence-corrected chi connectivity index (χ0v) is 10.6. The van der Waals surface area contributed by atoms with Crippen LogP contribution in [-0.4, -0.2) is 10.6 Å². The Kier molecular flexibility index (Phi) is 2.85. The smallest absolute Gasteiger partial charge is 0.0887 e. The SMILES string of the molecule is CC(N)Cc1c(Br)n(C)c2ccccc12. The van der Waals surface area contributed by atoms with Crippen LogP contribution in [-0.2, 0) is 13.5 Å². The van der Waals surface area contributed by atoms with Gasteiger partial charge in [-0.15, -0.1) is 0 Å². The molecule has 0 aliphatic carbocycles. The second-order valence-electron chi connectivity index (χ2n) is 4.03. The minimum atomic E-state index is 0.187. The van der Waals surface area contributed by atoms with E-state index in [9.17, 15) is 0 Å². The Labute approximate surface area is 98.2 Å². The zero-order valence-electron chi connectivity index (χ0n) is 9.00. The van der Waals surface area contributed by atoms with Crippen molar-refractivity contribution < 1.29 is 0 Å².